The summed E-state index contributed by atoms with van der Waals surface area (Å²) in [4.78, 5) is 4.35. The van der Waals surface area contributed by atoms with Gasteiger partial charge in [-0.2, -0.15) is 0 Å². The Morgan fingerprint density at radius 2 is 2.22 bits per heavy atom. The molecule has 0 aliphatic carbocycles. The zero-order valence-corrected chi connectivity index (χ0v) is 11.3. The van der Waals surface area contributed by atoms with Crippen LogP contribution in [0.5, 0.6) is 0 Å². The number of aryl methyl sites for hydroxylation is 1. The lowest BCUT2D eigenvalue weighted by atomic mass is 9.79. The third-order valence-corrected chi connectivity index (χ3v) is 3.67. The quantitative estimate of drug-likeness (QED) is 0.835. The van der Waals surface area contributed by atoms with Gasteiger partial charge in [-0.05, 0) is 50.6 Å². The molecule has 1 aromatic rings. The van der Waals surface area contributed by atoms with Gasteiger partial charge in [0.1, 0.15) is 5.82 Å². The molecule has 1 fully saturated rings. The Labute approximate surface area is 109 Å². The first-order valence-electron chi connectivity index (χ1n) is 6.60. The van der Waals surface area contributed by atoms with E-state index in [4.69, 9.17) is 4.74 Å². The first-order valence-corrected chi connectivity index (χ1v) is 6.60. The van der Waals surface area contributed by atoms with E-state index in [2.05, 4.69) is 28.6 Å². The summed E-state index contributed by atoms with van der Waals surface area (Å²) in [7, 11) is 1.79. The molecule has 1 saturated heterocycles. The molecule has 0 bridgehead atoms. The molecule has 0 amide bonds. The van der Waals surface area contributed by atoms with E-state index in [1.165, 1.54) is 5.56 Å². The van der Waals surface area contributed by atoms with Crippen molar-refractivity contribution < 1.29 is 4.74 Å². The van der Waals surface area contributed by atoms with Crippen molar-refractivity contribution in [2.24, 2.45) is 5.41 Å². The number of hydrogen-bond donors (Lipinski definition) is 2. The van der Waals surface area contributed by atoms with Crippen LogP contribution in [0.3, 0.4) is 0 Å². The van der Waals surface area contributed by atoms with E-state index >= 15 is 0 Å². The second-order valence-electron chi connectivity index (χ2n) is 5.25. The van der Waals surface area contributed by atoms with Crippen LogP contribution < -0.4 is 10.6 Å². The molecule has 2 N–H and O–H groups in total. The van der Waals surface area contributed by atoms with Crippen molar-refractivity contribution in [1.82, 2.24) is 10.3 Å². The highest BCUT2D eigenvalue weighted by Crippen LogP contribution is 2.29. The number of anilines is 1. The summed E-state index contributed by atoms with van der Waals surface area (Å²) in [6.07, 6.45) is 4.16. The smallest absolute Gasteiger partial charge is 0.126 e. The van der Waals surface area contributed by atoms with Gasteiger partial charge in [-0.1, -0.05) is 0 Å². The van der Waals surface area contributed by atoms with Crippen LogP contribution in [0.1, 0.15) is 18.4 Å². The number of nitrogens with one attached hydrogen (secondary N) is 2. The maximum absolute atomic E-state index is 5.41. The highest BCUT2D eigenvalue weighted by atomic mass is 16.5. The topological polar surface area (TPSA) is 46.2 Å². The highest BCUT2D eigenvalue weighted by molar-refractivity contribution is 5.37. The predicted octanol–water partition coefficient (Wildman–Crippen LogP) is 1.82. The van der Waals surface area contributed by atoms with E-state index in [9.17, 15) is 0 Å². The minimum atomic E-state index is 0.241. The van der Waals surface area contributed by atoms with Gasteiger partial charge in [0.15, 0.2) is 0 Å². The number of pyridine rings is 1. The normalized spacial score (nSPS) is 18.6. The van der Waals surface area contributed by atoms with Gasteiger partial charge in [0.05, 0.1) is 6.61 Å². The predicted molar refractivity (Wildman–Crippen MR) is 73.9 cm³/mol. The third kappa shape index (κ3) is 3.43. The lowest BCUT2D eigenvalue weighted by molar-refractivity contribution is 0.0635. The molecular formula is C14H23N3O. The Morgan fingerprint density at radius 3 is 2.89 bits per heavy atom. The van der Waals surface area contributed by atoms with Crippen LogP contribution in [0.15, 0.2) is 18.3 Å². The number of rotatable bonds is 5. The Balaban J connectivity index is 1.96. The summed E-state index contributed by atoms with van der Waals surface area (Å²) in [6.45, 7) is 5.98. The SMILES string of the molecule is COCC1(CNc2cc(C)ccn2)CCNCC1. The van der Waals surface area contributed by atoms with E-state index in [0.717, 1.165) is 44.9 Å². The van der Waals surface area contributed by atoms with Gasteiger partial charge in [0, 0.05) is 25.3 Å². The Kier molecular flexibility index (Phi) is 4.55. The molecule has 0 aromatic carbocycles. The van der Waals surface area contributed by atoms with Crippen molar-refractivity contribution in [3.8, 4) is 0 Å². The van der Waals surface area contributed by atoms with Gasteiger partial charge in [-0.15, -0.1) is 0 Å². The van der Waals surface area contributed by atoms with Crippen LogP contribution in [0.4, 0.5) is 5.82 Å². The van der Waals surface area contributed by atoms with Crippen molar-refractivity contribution >= 4 is 5.82 Å². The molecule has 0 spiro atoms. The van der Waals surface area contributed by atoms with Crippen LogP contribution in [0, 0.1) is 12.3 Å². The zero-order chi connectivity index (χ0) is 12.8. The number of aromatic nitrogens is 1. The molecule has 0 unspecified atom stereocenters. The molecule has 1 aliphatic rings. The van der Waals surface area contributed by atoms with Crippen LogP contribution >= 0.6 is 0 Å². The van der Waals surface area contributed by atoms with Gasteiger partial charge >= 0.3 is 0 Å². The summed E-state index contributed by atoms with van der Waals surface area (Å²) in [5.74, 6) is 0.962. The molecular weight excluding hydrogens is 226 g/mol. The highest BCUT2D eigenvalue weighted by Gasteiger charge is 2.31. The summed E-state index contributed by atoms with van der Waals surface area (Å²) in [5.41, 5.74) is 1.48. The van der Waals surface area contributed by atoms with Crippen molar-refractivity contribution in [3.63, 3.8) is 0 Å². The van der Waals surface area contributed by atoms with Crippen LogP contribution in [0.25, 0.3) is 0 Å². The van der Waals surface area contributed by atoms with Gasteiger partial charge < -0.3 is 15.4 Å². The monoisotopic (exact) mass is 249 g/mol. The lowest BCUT2D eigenvalue weighted by Crippen LogP contribution is -2.44. The maximum atomic E-state index is 5.41. The summed E-state index contributed by atoms with van der Waals surface area (Å²) in [6, 6.07) is 4.10. The van der Waals surface area contributed by atoms with E-state index in [1.807, 2.05) is 12.3 Å². The van der Waals surface area contributed by atoms with E-state index in [1.54, 1.807) is 7.11 Å². The van der Waals surface area contributed by atoms with Crippen molar-refractivity contribution in [2.75, 3.05) is 38.7 Å². The van der Waals surface area contributed by atoms with Crippen LogP contribution in [-0.2, 0) is 4.74 Å². The fourth-order valence-electron chi connectivity index (χ4n) is 2.55. The number of piperidine rings is 1. The summed E-state index contributed by atoms with van der Waals surface area (Å²) in [5, 5.41) is 6.87. The molecule has 2 heterocycles. The van der Waals surface area contributed by atoms with Gasteiger partial charge in [-0.3, -0.25) is 0 Å². The Hall–Kier alpha value is -1.13. The Morgan fingerprint density at radius 1 is 1.44 bits per heavy atom. The van der Waals surface area contributed by atoms with Crippen molar-refractivity contribution in [3.05, 3.63) is 23.9 Å². The fourth-order valence-corrected chi connectivity index (χ4v) is 2.55. The van der Waals surface area contributed by atoms with Gasteiger partial charge in [0.2, 0.25) is 0 Å². The third-order valence-electron chi connectivity index (χ3n) is 3.67. The molecule has 1 aliphatic heterocycles. The van der Waals surface area contributed by atoms with E-state index in [-0.39, 0.29) is 5.41 Å². The lowest BCUT2D eigenvalue weighted by Gasteiger charge is -2.37. The molecule has 4 heteroatoms. The first kappa shape index (κ1) is 13.3. The Bertz CT molecular complexity index is 370. The number of methoxy groups -OCH3 is 1. The minimum absolute atomic E-state index is 0.241. The molecule has 18 heavy (non-hydrogen) atoms. The van der Waals surface area contributed by atoms with E-state index in [0.29, 0.717) is 0 Å². The van der Waals surface area contributed by atoms with Crippen molar-refractivity contribution in [2.45, 2.75) is 19.8 Å². The van der Waals surface area contributed by atoms with Crippen LogP contribution in [-0.4, -0.2) is 38.3 Å². The fraction of sp³-hybridized carbons (Fsp3) is 0.643. The molecule has 100 valence electrons. The first-order chi connectivity index (χ1) is 8.74. The van der Waals surface area contributed by atoms with E-state index < -0.39 is 0 Å². The maximum Gasteiger partial charge on any atom is 0.126 e. The van der Waals surface area contributed by atoms with Gasteiger partial charge in [-0.25, -0.2) is 4.98 Å². The molecule has 4 nitrogen and oxygen atoms in total. The molecule has 1 aromatic heterocycles. The minimum Gasteiger partial charge on any atom is -0.384 e. The zero-order valence-electron chi connectivity index (χ0n) is 11.3. The second kappa shape index (κ2) is 6.16. The number of nitrogens with zero attached hydrogens (tertiary/aromatic N) is 1. The number of ether oxygens (including phenoxy) is 1. The molecule has 0 saturated carbocycles. The molecule has 2 rings (SSSR count). The largest absolute Gasteiger partial charge is 0.384 e. The van der Waals surface area contributed by atoms with Crippen molar-refractivity contribution in [1.29, 1.82) is 0 Å². The summed E-state index contributed by atoms with van der Waals surface area (Å²) >= 11 is 0. The standard InChI is InChI=1S/C14H23N3O/c1-12-3-6-16-13(9-12)17-10-14(11-18-2)4-7-15-8-5-14/h3,6,9,15H,4-5,7-8,10-11H2,1-2H3,(H,16,17). The average Bonchev–Trinajstić information content (AvgIpc) is 2.38. The summed E-state index contributed by atoms with van der Waals surface area (Å²) < 4.78 is 5.41. The second-order valence-corrected chi connectivity index (χ2v) is 5.25. The number of hydrogen-bond acceptors (Lipinski definition) is 4. The molecule has 0 atom stereocenters. The van der Waals surface area contributed by atoms with Crippen LogP contribution in [0.2, 0.25) is 0 Å². The average molecular weight is 249 g/mol. The molecule has 0 radical (unpaired) electrons. The van der Waals surface area contributed by atoms with Gasteiger partial charge in [0.25, 0.3) is 0 Å².